The third-order valence-electron chi connectivity index (χ3n) is 3.54. The van der Waals surface area contributed by atoms with E-state index in [1.807, 2.05) is 57.2 Å². The number of anilines is 1. The van der Waals surface area contributed by atoms with Gasteiger partial charge in [-0.25, -0.2) is 0 Å². The molecule has 0 spiro atoms. The number of nitrogens with one attached hydrogen (secondary N) is 1. The van der Waals surface area contributed by atoms with Gasteiger partial charge in [0, 0.05) is 23.4 Å². The molecule has 0 bridgehead atoms. The number of pyridine rings is 1. The van der Waals surface area contributed by atoms with Gasteiger partial charge in [0.1, 0.15) is 0 Å². The van der Waals surface area contributed by atoms with Crippen LogP contribution in [-0.4, -0.2) is 21.0 Å². The van der Waals surface area contributed by atoms with E-state index >= 15 is 0 Å². The molecule has 6 nitrogen and oxygen atoms in total. The molecule has 2 heterocycles. The van der Waals surface area contributed by atoms with Crippen molar-refractivity contribution >= 4 is 11.6 Å². The summed E-state index contributed by atoms with van der Waals surface area (Å²) in [5.41, 5.74) is 3.03. The Labute approximate surface area is 139 Å². The Morgan fingerprint density at radius 1 is 1.17 bits per heavy atom. The molecule has 1 aromatic carbocycles. The van der Waals surface area contributed by atoms with Crippen molar-refractivity contribution in [2.24, 2.45) is 5.92 Å². The number of nitrogens with zero attached hydrogens (tertiary/aromatic N) is 3. The van der Waals surface area contributed by atoms with E-state index in [1.165, 1.54) is 0 Å². The van der Waals surface area contributed by atoms with Crippen LogP contribution in [0, 0.1) is 12.8 Å². The van der Waals surface area contributed by atoms with Gasteiger partial charge in [-0.15, -0.1) is 0 Å². The highest BCUT2D eigenvalue weighted by Crippen LogP contribution is 2.28. The van der Waals surface area contributed by atoms with Crippen molar-refractivity contribution in [1.29, 1.82) is 0 Å². The molecule has 0 radical (unpaired) electrons. The van der Waals surface area contributed by atoms with Crippen LogP contribution >= 0.6 is 0 Å². The summed E-state index contributed by atoms with van der Waals surface area (Å²) in [4.78, 5) is 20.6. The number of aromatic nitrogens is 3. The summed E-state index contributed by atoms with van der Waals surface area (Å²) in [7, 11) is 0. The number of rotatable bonds is 4. The summed E-state index contributed by atoms with van der Waals surface area (Å²) in [5.74, 6) is 0.632. The van der Waals surface area contributed by atoms with E-state index in [-0.39, 0.29) is 11.8 Å². The molecule has 2 aromatic heterocycles. The number of carbonyl (C=O) groups excluding carboxylic acids is 1. The van der Waals surface area contributed by atoms with Gasteiger partial charge in [0.05, 0.1) is 11.3 Å². The Kier molecular flexibility index (Phi) is 4.37. The Morgan fingerprint density at radius 3 is 2.67 bits per heavy atom. The van der Waals surface area contributed by atoms with Crippen molar-refractivity contribution in [2.45, 2.75) is 20.8 Å². The molecular formula is C18H18N4O2. The van der Waals surface area contributed by atoms with Crippen molar-refractivity contribution in [2.75, 3.05) is 5.32 Å². The Bertz CT molecular complexity index is 853. The number of carbonyl (C=O) groups is 1. The van der Waals surface area contributed by atoms with Crippen molar-refractivity contribution in [3.8, 4) is 22.8 Å². The molecular weight excluding hydrogens is 304 g/mol. The first-order chi connectivity index (χ1) is 11.5. The highest BCUT2D eigenvalue weighted by molar-refractivity contribution is 5.95. The molecule has 0 saturated carbocycles. The molecule has 0 fully saturated rings. The number of hydrogen-bond donors (Lipinski definition) is 1. The molecule has 24 heavy (non-hydrogen) atoms. The highest BCUT2D eigenvalue weighted by Gasteiger charge is 2.16. The van der Waals surface area contributed by atoms with E-state index in [9.17, 15) is 4.79 Å². The van der Waals surface area contributed by atoms with Gasteiger partial charge >= 0.3 is 0 Å². The summed E-state index contributed by atoms with van der Waals surface area (Å²) in [6, 6.07) is 11.1. The summed E-state index contributed by atoms with van der Waals surface area (Å²) >= 11 is 0. The van der Waals surface area contributed by atoms with E-state index in [4.69, 9.17) is 4.52 Å². The van der Waals surface area contributed by atoms with Gasteiger partial charge in [-0.1, -0.05) is 31.1 Å². The second kappa shape index (κ2) is 6.62. The zero-order valence-electron chi connectivity index (χ0n) is 13.8. The first kappa shape index (κ1) is 15.9. The lowest BCUT2D eigenvalue weighted by atomic mass is 10.1. The van der Waals surface area contributed by atoms with Gasteiger partial charge in [0.25, 0.3) is 5.89 Å². The Hall–Kier alpha value is -3.02. The normalized spacial score (nSPS) is 10.8. The number of benzene rings is 1. The maximum absolute atomic E-state index is 12.0. The van der Waals surface area contributed by atoms with Crippen molar-refractivity contribution in [3.63, 3.8) is 0 Å². The van der Waals surface area contributed by atoms with Crippen LogP contribution in [0.25, 0.3) is 22.8 Å². The smallest absolute Gasteiger partial charge is 0.260 e. The van der Waals surface area contributed by atoms with Crippen molar-refractivity contribution < 1.29 is 9.32 Å². The van der Waals surface area contributed by atoms with Crippen molar-refractivity contribution in [3.05, 3.63) is 48.3 Å². The fraction of sp³-hybridized carbons (Fsp3) is 0.222. The van der Waals surface area contributed by atoms with E-state index in [0.717, 1.165) is 11.3 Å². The Balaban J connectivity index is 1.93. The van der Waals surface area contributed by atoms with Gasteiger partial charge in [-0.3, -0.25) is 9.78 Å². The standard InChI is InChI=1S/C18H18N4O2/c1-11(2)17(23)20-15-7-5-4-6-14(15)18-21-16(22-24-18)13-9-8-12(3)19-10-13/h4-11H,1-3H3,(H,20,23). The number of hydrogen-bond acceptors (Lipinski definition) is 5. The largest absolute Gasteiger partial charge is 0.334 e. The highest BCUT2D eigenvalue weighted by atomic mass is 16.5. The average Bonchev–Trinajstić information content (AvgIpc) is 3.05. The fourth-order valence-electron chi connectivity index (χ4n) is 2.11. The second-order valence-corrected chi connectivity index (χ2v) is 5.80. The molecule has 0 saturated heterocycles. The molecule has 1 amide bonds. The van der Waals surface area contributed by atoms with Crippen LogP contribution in [0.2, 0.25) is 0 Å². The lowest BCUT2D eigenvalue weighted by molar-refractivity contribution is -0.118. The lowest BCUT2D eigenvalue weighted by Gasteiger charge is -2.10. The van der Waals surface area contributed by atoms with Gasteiger partial charge in [0.15, 0.2) is 0 Å². The predicted molar refractivity (Wildman–Crippen MR) is 91.2 cm³/mol. The summed E-state index contributed by atoms with van der Waals surface area (Å²) in [5, 5.41) is 6.89. The quantitative estimate of drug-likeness (QED) is 0.792. The van der Waals surface area contributed by atoms with Crippen LogP contribution in [0.15, 0.2) is 47.1 Å². The maximum Gasteiger partial charge on any atom is 0.260 e. The van der Waals surface area contributed by atoms with Gasteiger partial charge < -0.3 is 9.84 Å². The van der Waals surface area contributed by atoms with E-state index < -0.39 is 0 Å². The number of aryl methyl sites for hydroxylation is 1. The number of para-hydroxylation sites is 1. The number of amides is 1. The molecule has 0 unspecified atom stereocenters. The minimum atomic E-state index is -0.116. The third kappa shape index (κ3) is 3.32. The molecule has 0 aliphatic heterocycles. The molecule has 0 atom stereocenters. The molecule has 6 heteroatoms. The molecule has 0 aliphatic carbocycles. The monoisotopic (exact) mass is 322 g/mol. The fourth-order valence-corrected chi connectivity index (χ4v) is 2.11. The average molecular weight is 322 g/mol. The van der Waals surface area contributed by atoms with Crippen molar-refractivity contribution in [1.82, 2.24) is 15.1 Å². The van der Waals surface area contributed by atoms with E-state index in [2.05, 4.69) is 20.4 Å². The zero-order valence-corrected chi connectivity index (χ0v) is 13.8. The van der Waals surface area contributed by atoms with Crippen LogP contribution in [0.4, 0.5) is 5.69 Å². The van der Waals surface area contributed by atoms with Gasteiger partial charge in [-0.05, 0) is 31.2 Å². The van der Waals surface area contributed by atoms with Gasteiger partial charge in [0.2, 0.25) is 11.7 Å². The van der Waals surface area contributed by atoms with Gasteiger partial charge in [-0.2, -0.15) is 4.98 Å². The zero-order chi connectivity index (χ0) is 17.1. The first-order valence-corrected chi connectivity index (χ1v) is 7.71. The molecule has 1 N–H and O–H groups in total. The van der Waals surface area contributed by atoms with Crippen LogP contribution in [-0.2, 0) is 4.79 Å². The second-order valence-electron chi connectivity index (χ2n) is 5.80. The first-order valence-electron chi connectivity index (χ1n) is 7.71. The Morgan fingerprint density at radius 2 is 1.96 bits per heavy atom. The topological polar surface area (TPSA) is 80.9 Å². The molecule has 3 aromatic rings. The van der Waals surface area contributed by atoms with E-state index in [0.29, 0.717) is 23.0 Å². The predicted octanol–water partition coefficient (Wildman–Crippen LogP) is 3.70. The molecule has 0 aliphatic rings. The van der Waals surface area contributed by atoms with Crippen LogP contribution in [0.5, 0.6) is 0 Å². The molecule has 122 valence electrons. The van der Waals surface area contributed by atoms with E-state index in [1.54, 1.807) is 6.20 Å². The SMILES string of the molecule is Cc1ccc(-c2noc(-c3ccccc3NC(=O)C(C)C)n2)cn1. The van der Waals surface area contributed by atoms with Crippen LogP contribution in [0.3, 0.4) is 0 Å². The summed E-state index contributed by atoms with van der Waals surface area (Å²) in [6.45, 7) is 5.60. The minimum Gasteiger partial charge on any atom is -0.334 e. The van der Waals surface area contributed by atoms with Crippen LogP contribution < -0.4 is 5.32 Å². The lowest BCUT2D eigenvalue weighted by Crippen LogP contribution is -2.18. The summed E-state index contributed by atoms with van der Waals surface area (Å²) in [6.07, 6.45) is 1.70. The maximum atomic E-state index is 12.0. The third-order valence-corrected chi connectivity index (χ3v) is 3.54. The summed E-state index contributed by atoms with van der Waals surface area (Å²) < 4.78 is 5.38. The van der Waals surface area contributed by atoms with Crippen LogP contribution in [0.1, 0.15) is 19.5 Å². The minimum absolute atomic E-state index is 0.0649. The molecule has 3 rings (SSSR count).